The highest BCUT2D eigenvalue weighted by Gasteiger charge is 2.37. The van der Waals surface area contributed by atoms with Crippen LogP contribution in [0.5, 0.6) is 0 Å². The lowest BCUT2D eigenvalue weighted by molar-refractivity contribution is -0.140. The number of carboxylic acid groups (broad SMARTS) is 1. The molecule has 1 saturated carbocycles. The number of hydrogen-bond acceptors (Lipinski definition) is 3. The van der Waals surface area contributed by atoms with E-state index in [-0.39, 0.29) is 5.41 Å². The number of carbonyl (C=O) groups excluding carboxylic acids is 1. The maximum atomic E-state index is 11.6. The molecule has 0 unspecified atom stereocenters. The van der Waals surface area contributed by atoms with Crippen molar-refractivity contribution in [1.82, 2.24) is 5.32 Å². The Kier molecular flexibility index (Phi) is 4.24. The molecule has 0 bridgehead atoms. The molecular weight excluding hydrogens is 234 g/mol. The van der Waals surface area contributed by atoms with Crippen molar-refractivity contribution in [3.63, 3.8) is 0 Å². The van der Waals surface area contributed by atoms with E-state index >= 15 is 0 Å². The topological polar surface area (TPSA) is 75.6 Å². The quantitative estimate of drug-likeness (QED) is 0.811. The highest BCUT2D eigenvalue weighted by Crippen LogP contribution is 2.44. The van der Waals surface area contributed by atoms with Crippen LogP contribution in [0.3, 0.4) is 0 Å². The van der Waals surface area contributed by atoms with Gasteiger partial charge < -0.3 is 15.2 Å². The van der Waals surface area contributed by atoms with Gasteiger partial charge >= 0.3 is 12.1 Å². The zero-order valence-electron chi connectivity index (χ0n) is 11.6. The Hall–Kier alpha value is -1.26. The van der Waals surface area contributed by atoms with Gasteiger partial charge in [-0.25, -0.2) is 9.59 Å². The average Bonchev–Trinajstić information content (AvgIpc) is 2.10. The van der Waals surface area contributed by atoms with Gasteiger partial charge in [-0.2, -0.15) is 0 Å². The van der Waals surface area contributed by atoms with Gasteiger partial charge in [-0.1, -0.05) is 13.3 Å². The van der Waals surface area contributed by atoms with Crippen LogP contribution >= 0.6 is 0 Å². The number of nitrogens with one attached hydrogen (secondary N) is 1. The second-order valence-electron chi connectivity index (χ2n) is 6.41. The maximum Gasteiger partial charge on any atom is 0.408 e. The molecule has 2 N–H and O–H groups in total. The molecule has 1 aliphatic rings. The van der Waals surface area contributed by atoms with Gasteiger partial charge in [-0.3, -0.25) is 0 Å². The standard InChI is InChI=1S/C13H23NO4/c1-12(2,3)18-11(17)14-9(10(15)16)8-13(4)6-5-7-13/h9H,5-8H2,1-4H3,(H,14,17)(H,15,16)/t9-/m0/s1. The molecule has 1 atom stereocenters. The van der Waals surface area contributed by atoms with E-state index in [0.717, 1.165) is 19.3 Å². The van der Waals surface area contributed by atoms with Gasteiger partial charge in [0, 0.05) is 0 Å². The number of ether oxygens (including phenoxy) is 1. The summed E-state index contributed by atoms with van der Waals surface area (Å²) in [5.41, 5.74) is -0.578. The van der Waals surface area contributed by atoms with E-state index in [9.17, 15) is 9.59 Å². The zero-order chi connectivity index (χ0) is 14.0. The SMILES string of the molecule is CC1(C[C@H](NC(=O)OC(C)(C)C)C(=O)O)CCC1. The summed E-state index contributed by atoms with van der Waals surface area (Å²) < 4.78 is 5.07. The molecular formula is C13H23NO4. The summed E-state index contributed by atoms with van der Waals surface area (Å²) >= 11 is 0. The van der Waals surface area contributed by atoms with Crippen molar-refractivity contribution in [2.75, 3.05) is 0 Å². The largest absolute Gasteiger partial charge is 0.480 e. The fourth-order valence-corrected chi connectivity index (χ4v) is 2.13. The summed E-state index contributed by atoms with van der Waals surface area (Å²) in [6.45, 7) is 7.30. The van der Waals surface area contributed by atoms with Crippen LogP contribution in [0.4, 0.5) is 4.79 Å². The van der Waals surface area contributed by atoms with E-state index in [1.54, 1.807) is 20.8 Å². The summed E-state index contributed by atoms with van der Waals surface area (Å²) in [4.78, 5) is 22.7. The molecule has 5 heteroatoms. The summed E-state index contributed by atoms with van der Waals surface area (Å²) in [6.07, 6.45) is 2.97. The molecule has 1 fully saturated rings. The Morgan fingerprint density at radius 3 is 2.28 bits per heavy atom. The number of aliphatic carboxylic acids is 1. The van der Waals surface area contributed by atoms with Gasteiger partial charge in [0.2, 0.25) is 0 Å². The van der Waals surface area contributed by atoms with E-state index in [0.29, 0.717) is 6.42 Å². The fourth-order valence-electron chi connectivity index (χ4n) is 2.13. The third kappa shape index (κ3) is 4.55. The zero-order valence-corrected chi connectivity index (χ0v) is 11.6. The molecule has 0 heterocycles. The summed E-state index contributed by atoms with van der Waals surface area (Å²) in [5.74, 6) is -1.01. The second-order valence-corrected chi connectivity index (χ2v) is 6.41. The van der Waals surface area contributed by atoms with Gasteiger partial charge in [-0.05, 0) is 45.4 Å². The first-order chi connectivity index (χ1) is 8.11. The molecule has 0 radical (unpaired) electrons. The lowest BCUT2D eigenvalue weighted by atomic mass is 9.67. The minimum Gasteiger partial charge on any atom is -0.480 e. The van der Waals surface area contributed by atoms with Crippen LogP contribution in [-0.4, -0.2) is 28.8 Å². The number of amides is 1. The van der Waals surface area contributed by atoms with Crippen molar-refractivity contribution in [2.45, 2.75) is 65.0 Å². The van der Waals surface area contributed by atoms with Gasteiger partial charge in [-0.15, -0.1) is 0 Å². The van der Waals surface area contributed by atoms with Crippen molar-refractivity contribution in [3.05, 3.63) is 0 Å². The van der Waals surface area contributed by atoms with Crippen molar-refractivity contribution in [2.24, 2.45) is 5.41 Å². The molecule has 5 nitrogen and oxygen atoms in total. The number of hydrogen-bond donors (Lipinski definition) is 2. The van der Waals surface area contributed by atoms with Crippen LogP contribution in [0.25, 0.3) is 0 Å². The van der Waals surface area contributed by atoms with Crippen molar-refractivity contribution < 1.29 is 19.4 Å². The van der Waals surface area contributed by atoms with Crippen molar-refractivity contribution >= 4 is 12.1 Å². The Bertz CT molecular complexity index is 328. The molecule has 0 aromatic heterocycles. The third-order valence-corrected chi connectivity index (χ3v) is 3.25. The summed E-state index contributed by atoms with van der Waals surface area (Å²) in [5, 5.41) is 11.6. The van der Waals surface area contributed by atoms with Crippen LogP contribution in [0, 0.1) is 5.41 Å². The smallest absolute Gasteiger partial charge is 0.408 e. The first-order valence-corrected chi connectivity index (χ1v) is 6.34. The number of carbonyl (C=O) groups is 2. The number of alkyl carbamates (subject to hydrolysis) is 1. The van der Waals surface area contributed by atoms with Crippen LogP contribution in [0.15, 0.2) is 0 Å². The molecule has 0 saturated heterocycles. The van der Waals surface area contributed by atoms with Gasteiger partial charge in [0.1, 0.15) is 11.6 Å². The number of carboxylic acids is 1. The van der Waals surface area contributed by atoms with E-state index < -0.39 is 23.7 Å². The lowest BCUT2D eigenvalue weighted by Gasteiger charge is -2.40. The normalized spacial score (nSPS) is 19.6. The van der Waals surface area contributed by atoms with E-state index in [2.05, 4.69) is 12.2 Å². The second kappa shape index (κ2) is 5.16. The molecule has 1 rings (SSSR count). The molecule has 0 aromatic carbocycles. The summed E-state index contributed by atoms with van der Waals surface area (Å²) in [6, 6.07) is -0.870. The predicted octanol–water partition coefficient (Wildman–Crippen LogP) is 2.54. The minimum absolute atomic E-state index is 0.0398. The molecule has 0 aliphatic heterocycles. The third-order valence-electron chi connectivity index (χ3n) is 3.25. The monoisotopic (exact) mass is 257 g/mol. The Labute approximate surface area is 108 Å². The van der Waals surface area contributed by atoms with E-state index in [1.165, 1.54) is 0 Å². The number of rotatable bonds is 4. The Morgan fingerprint density at radius 2 is 1.94 bits per heavy atom. The van der Waals surface area contributed by atoms with Gasteiger partial charge in [0.15, 0.2) is 0 Å². The molecule has 1 aliphatic carbocycles. The average molecular weight is 257 g/mol. The van der Waals surface area contributed by atoms with Crippen molar-refractivity contribution in [1.29, 1.82) is 0 Å². The van der Waals surface area contributed by atoms with Gasteiger partial charge in [0.25, 0.3) is 0 Å². The minimum atomic E-state index is -1.01. The van der Waals surface area contributed by atoms with Crippen molar-refractivity contribution in [3.8, 4) is 0 Å². The van der Waals surface area contributed by atoms with E-state index in [4.69, 9.17) is 9.84 Å². The first-order valence-electron chi connectivity index (χ1n) is 6.34. The highest BCUT2D eigenvalue weighted by molar-refractivity contribution is 5.80. The highest BCUT2D eigenvalue weighted by atomic mass is 16.6. The molecule has 1 amide bonds. The lowest BCUT2D eigenvalue weighted by Crippen LogP contribution is -2.47. The fraction of sp³-hybridized carbons (Fsp3) is 0.846. The summed E-state index contributed by atoms with van der Waals surface area (Å²) in [7, 11) is 0. The van der Waals surface area contributed by atoms with Crippen LogP contribution in [-0.2, 0) is 9.53 Å². The molecule has 18 heavy (non-hydrogen) atoms. The Morgan fingerprint density at radius 1 is 1.39 bits per heavy atom. The molecule has 0 spiro atoms. The van der Waals surface area contributed by atoms with Crippen LogP contribution in [0.1, 0.15) is 53.4 Å². The molecule has 104 valence electrons. The Balaban J connectivity index is 2.53. The van der Waals surface area contributed by atoms with Crippen LogP contribution in [0.2, 0.25) is 0 Å². The van der Waals surface area contributed by atoms with Crippen LogP contribution < -0.4 is 5.32 Å². The van der Waals surface area contributed by atoms with E-state index in [1.807, 2.05) is 0 Å². The van der Waals surface area contributed by atoms with Gasteiger partial charge in [0.05, 0.1) is 0 Å². The molecule has 0 aromatic rings. The first kappa shape index (κ1) is 14.8. The maximum absolute atomic E-state index is 11.6. The predicted molar refractivity (Wildman–Crippen MR) is 67.4 cm³/mol.